The maximum Gasteiger partial charge on any atom is 0.178 e. The summed E-state index contributed by atoms with van der Waals surface area (Å²) < 4.78 is 6.37. The van der Waals surface area contributed by atoms with Gasteiger partial charge >= 0.3 is 0 Å². The van der Waals surface area contributed by atoms with Crippen LogP contribution < -0.4 is 4.74 Å². The SMILES string of the molecule is Cc1ccc(C2Oc3ccc4[nH]ncc4c3C(=O)C2c2cccc(O)c2)cc1. The number of aryl methyl sites for hydroxylation is 1. The molecule has 1 aromatic heterocycles. The fraction of sp³-hybridized carbons (Fsp3) is 0.130. The van der Waals surface area contributed by atoms with E-state index in [-0.39, 0.29) is 11.5 Å². The van der Waals surface area contributed by atoms with Gasteiger partial charge in [-0.1, -0.05) is 42.0 Å². The van der Waals surface area contributed by atoms with Gasteiger partial charge in [0, 0.05) is 5.39 Å². The largest absolute Gasteiger partial charge is 0.508 e. The fourth-order valence-electron chi connectivity index (χ4n) is 3.91. The highest BCUT2D eigenvalue weighted by molar-refractivity contribution is 6.13. The Morgan fingerprint density at radius 3 is 2.64 bits per heavy atom. The molecule has 2 heterocycles. The third-order valence-electron chi connectivity index (χ3n) is 5.31. The lowest BCUT2D eigenvalue weighted by Gasteiger charge is -2.33. The predicted octanol–water partition coefficient (Wildman–Crippen LogP) is 4.68. The van der Waals surface area contributed by atoms with E-state index in [0.29, 0.717) is 11.3 Å². The number of fused-ring (bicyclic) bond motifs is 3. The number of Topliss-reactive ketones (excluding diaryl/α,β-unsaturated/α-hetero) is 1. The van der Waals surface area contributed by atoms with Crippen LogP contribution in [0.15, 0.2) is 66.9 Å². The summed E-state index contributed by atoms with van der Waals surface area (Å²) >= 11 is 0. The Morgan fingerprint density at radius 1 is 1.04 bits per heavy atom. The van der Waals surface area contributed by atoms with Crippen molar-refractivity contribution in [1.82, 2.24) is 10.2 Å². The molecule has 0 fully saturated rings. The zero-order chi connectivity index (χ0) is 19.3. The first kappa shape index (κ1) is 16.6. The molecule has 0 aliphatic carbocycles. The summed E-state index contributed by atoms with van der Waals surface area (Å²) in [6.45, 7) is 2.02. The van der Waals surface area contributed by atoms with Gasteiger partial charge in [-0.05, 0) is 42.3 Å². The van der Waals surface area contributed by atoms with Crippen molar-refractivity contribution in [3.63, 3.8) is 0 Å². The zero-order valence-electron chi connectivity index (χ0n) is 15.2. The van der Waals surface area contributed by atoms with Gasteiger partial charge in [0.15, 0.2) is 5.78 Å². The van der Waals surface area contributed by atoms with E-state index in [1.165, 1.54) is 0 Å². The van der Waals surface area contributed by atoms with Gasteiger partial charge in [0.25, 0.3) is 0 Å². The van der Waals surface area contributed by atoms with Crippen LogP contribution in [0.3, 0.4) is 0 Å². The second kappa shape index (κ2) is 6.23. The topological polar surface area (TPSA) is 75.2 Å². The smallest absolute Gasteiger partial charge is 0.178 e. The van der Waals surface area contributed by atoms with Crippen LogP contribution in [0.1, 0.15) is 39.1 Å². The van der Waals surface area contributed by atoms with E-state index in [9.17, 15) is 9.90 Å². The van der Waals surface area contributed by atoms with Crippen molar-refractivity contribution < 1.29 is 14.6 Å². The summed E-state index contributed by atoms with van der Waals surface area (Å²) in [4.78, 5) is 13.7. The van der Waals surface area contributed by atoms with Crippen LogP contribution >= 0.6 is 0 Å². The van der Waals surface area contributed by atoms with Crippen molar-refractivity contribution in [2.45, 2.75) is 18.9 Å². The first-order valence-corrected chi connectivity index (χ1v) is 9.14. The Balaban J connectivity index is 1.72. The average Bonchev–Trinajstić information content (AvgIpc) is 3.17. The van der Waals surface area contributed by atoms with Gasteiger partial charge in [-0.15, -0.1) is 0 Å². The number of hydrogen-bond acceptors (Lipinski definition) is 4. The number of phenolic OH excluding ortho intramolecular Hbond substituents is 1. The number of nitrogens with one attached hydrogen (secondary N) is 1. The molecular formula is C23H18N2O3. The second-order valence-electron chi connectivity index (χ2n) is 7.16. The molecule has 0 saturated heterocycles. The predicted molar refractivity (Wildman–Crippen MR) is 106 cm³/mol. The number of rotatable bonds is 2. The molecule has 0 radical (unpaired) electrons. The molecule has 4 aromatic rings. The molecular weight excluding hydrogens is 352 g/mol. The van der Waals surface area contributed by atoms with Gasteiger partial charge in [-0.2, -0.15) is 5.10 Å². The van der Waals surface area contributed by atoms with E-state index in [2.05, 4.69) is 10.2 Å². The molecule has 28 heavy (non-hydrogen) atoms. The normalized spacial score (nSPS) is 18.7. The molecule has 2 atom stereocenters. The van der Waals surface area contributed by atoms with Gasteiger partial charge < -0.3 is 9.84 Å². The number of nitrogens with zero attached hydrogens (tertiary/aromatic N) is 1. The third kappa shape index (κ3) is 2.55. The van der Waals surface area contributed by atoms with Gasteiger partial charge in [-0.3, -0.25) is 9.89 Å². The van der Waals surface area contributed by atoms with Crippen molar-refractivity contribution in [2.24, 2.45) is 0 Å². The minimum absolute atomic E-state index is 0.0376. The summed E-state index contributed by atoms with van der Waals surface area (Å²) in [6.07, 6.45) is 1.17. The molecule has 5 rings (SSSR count). The van der Waals surface area contributed by atoms with E-state index in [0.717, 1.165) is 27.6 Å². The van der Waals surface area contributed by atoms with E-state index in [4.69, 9.17) is 4.74 Å². The molecule has 138 valence electrons. The first-order valence-electron chi connectivity index (χ1n) is 9.14. The van der Waals surface area contributed by atoms with Crippen molar-refractivity contribution in [3.8, 4) is 11.5 Å². The fourth-order valence-corrected chi connectivity index (χ4v) is 3.91. The lowest BCUT2D eigenvalue weighted by molar-refractivity contribution is 0.0785. The Bertz CT molecular complexity index is 1190. The first-order chi connectivity index (χ1) is 13.6. The number of carbonyl (C=O) groups excluding carboxylic acids is 1. The number of ether oxygens (including phenoxy) is 1. The lowest BCUT2D eigenvalue weighted by atomic mass is 9.80. The highest BCUT2D eigenvalue weighted by Gasteiger charge is 2.40. The second-order valence-corrected chi connectivity index (χ2v) is 7.16. The summed E-state index contributed by atoms with van der Waals surface area (Å²) in [6, 6.07) is 18.5. The highest BCUT2D eigenvalue weighted by atomic mass is 16.5. The number of ketones is 1. The maximum absolute atomic E-state index is 13.7. The Hall–Kier alpha value is -3.60. The van der Waals surface area contributed by atoms with Gasteiger partial charge in [-0.25, -0.2) is 0 Å². The molecule has 5 nitrogen and oxygen atoms in total. The Kier molecular flexibility index (Phi) is 3.69. The van der Waals surface area contributed by atoms with E-state index < -0.39 is 12.0 Å². The van der Waals surface area contributed by atoms with Crippen LogP contribution in [0.25, 0.3) is 10.9 Å². The van der Waals surface area contributed by atoms with Gasteiger partial charge in [0.05, 0.1) is 23.2 Å². The van der Waals surface area contributed by atoms with E-state index in [1.54, 1.807) is 24.4 Å². The number of aromatic nitrogens is 2. The zero-order valence-corrected chi connectivity index (χ0v) is 15.2. The minimum atomic E-state index is -0.567. The molecule has 5 heteroatoms. The lowest BCUT2D eigenvalue weighted by Crippen LogP contribution is -2.30. The average molecular weight is 370 g/mol. The third-order valence-corrected chi connectivity index (χ3v) is 5.31. The van der Waals surface area contributed by atoms with Crippen LogP contribution in [-0.2, 0) is 0 Å². The number of H-pyrrole nitrogens is 1. The molecule has 0 spiro atoms. The van der Waals surface area contributed by atoms with Crippen LogP contribution in [0.2, 0.25) is 0 Å². The number of hydrogen-bond donors (Lipinski definition) is 2. The molecule has 3 aromatic carbocycles. The summed E-state index contributed by atoms with van der Waals surface area (Å²) in [7, 11) is 0. The summed E-state index contributed by atoms with van der Waals surface area (Å²) in [5, 5.41) is 17.7. The number of carbonyl (C=O) groups is 1. The summed E-state index contributed by atoms with van der Waals surface area (Å²) in [5.74, 6) is 0.0772. The van der Waals surface area contributed by atoms with Crippen molar-refractivity contribution >= 4 is 16.7 Å². The van der Waals surface area contributed by atoms with E-state index in [1.807, 2.05) is 49.4 Å². The quantitative estimate of drug-likeness (QED) is 0.537. The monoisotopic (exact) mass is 370 g/mol. The van der Waals surface area contributed by atoms with Crippen LogP contribution in [0.4, 0.5) is 0 Å². The molecule has 2 unspecified atom stereocenters. The van der Waals surface area contributed by atoms with Crippen LogP contribution in [0, 0.1) is 6.92 Å². The van der Waals surface area contributed by atoms with Crippen molar-refractivity contribution in [3.05, 3.63) is 89.1 Å². The Labute approximate surface area is 161 Å². The molecule has 1 aliphatic heterocycles. The molecule has 0 bridgehead atoms. The van der Waals surface area contributed by atoms with Crippen molar-refractivity contribution in [1.29, 1.82) is 0 Å². The molecule has 1 aliphatic rings. The molecule has 0 saturated carbocycles. The number of aromatic hydroxyl groups is 1. The summed E-state index contributed by atoms with van der Waals surface area (Å²) in [5.41, 5.74) is 4.11. The Morgan fingerprint density at radius 2 is 1.86 bits per heavy atom. The highest BCUT2D eigenvalue weighted by Crippen LogP contribution is 2.46. The number of benzene rings is 3. The van der Waals surface area contributed by atoms with Crippen LogP contribution in [0.5, 0.6) is 11.5 Å². The maximum atomic E-state index is 13.7. The van der Waals surface area contributed by atoms with Crippen LogP contribution in [-0.4, -0.2) is 21.1 Å². The van der Waals surface area contributed by atoms with Gasteiger partial charge in [0.1, 0.15) is 17.6 Å². The van der Waals surface area contributed by atoms with E-state index >= 15 is 0 Å². The molecule has 2 N–H and O–H groups in total. The standard InChI is InChI=1S/C23H18N2O3/c1-13-5-7-14(8-6-13)23-20(15-3-2-4-16(26)11-15)22(27)21-17-12-24-25-18(17)9-10-19(21)28-23/h2-12,20,23,26H,1H3,(H,24,25). The van der Waals surface area contributed by atoms with Gasteiger partial charge in [0.2, 0.25) is 0 Å². The molecule has 0 amide bonds. The van der Waals surface area contributed by atoms with Crippen molar-refractivity contribution in [2.75, 3.05) is 0 Å². The minimum Gasteiger partial charge on any atom is -0.508 e. The number of phenols is 1. The number of aromatic amines is 1.